The summed E-state index contributed by atoms with van der Waals surface area (Å²) in [6.07, 6.45) is 2.92. The molecule has 1 aromatic rings. The predicted octanol–water partition coefficient (Wildman–Crippen LogP) is 3.07. The zero-order valence-corrected chi connectivity index (χ0v) is 11.8. The van der Waals surface area contributed by atoms with Crippen molar-refractivity contribution in [2.45, 2.75) is 51.1 Å². The van der Waals surface area contributed by atoms with Crippen molar-refractivity contribution in [3.8, 4) is 0 Å². The van der Waals surface area contributed by atoms with E-state index in [9.17, 15) is 9.50 Å². The average molecular weight is 265 g/mol. The summed E-state index contributed by atoms with van der Waals surface area (Å²) in [6, 6.07) is 7.64. The van der Waals surface area contributed by atoms with Crippen LogP contribution in [-0.2, 0) is 0 Å². The van der Waals surface area contributed by atoms with Gasteiger partial charge in [-0.3, -0.25) is 0 Å². The van der Waals surface area contributed by atoms with Gasteiger partial charge in [-0.15, -0.1) is 0 Å². The molecule has 1 saturated carbocycles. The molecule has 19 heavy (non-hydrogen) atoms. The molecule has 2 N–H and O–H groups in total. The quantitative estimate of drug-likeness (QED) is 0.828. The minimum Gasteiger partial charge on any atom is -0.395 e. The molecule has 3 heteroatoms. The molecule has 0 aliphatic heterocycles. The molecule has 1 aliphatic rings. The van der Waals surface area contributed by atoms with Gasteiger partial charge in [0.2, 0.25) is 0 Å². The van der Waals surface area contributed by atoms with E-state index < -0.39 is 0 Å². The molecule has 0 bridgehead atoms. The fourth-order valence-electron chi connectivity index (χ4n) is 2.91. The summed E-state index contributed by atoms with van der Waals surface area (Å²) in [6.45, 7) is 4.50. The highest BCUT2D eigenvalue weighted by Crippen LogP contribution is 2.38. The minimum absolute atomic E-state index is 0.0909. The number of hydrogen-bond acceptors (Lipinski definition) is 2. The van der Waals surface area contributed by atoms with E-state index in [1.54, 1.807) is 6.07 Å². The second-order valence-electron chi connectivity index (χ2n) is 6.06. The summed E-state index contributed by atoms with van der Waals surface area (Å²) in [5.41, 5.74) is 0.838. The van der Waals surface area contributed by atoms with Crippen molar-refractivity contribution in [2.24, 2.45) is 5.92 Å². The van der Waals surface area contributed by atoms with Gasteiger partial charge in [0.25, 0.3) is 0 Å². The molecule has 0 aromatic heterocycles. The van der Waals surface area contributed by atoms with Crippen LogP contribution in [0, 0.1) is 11.7 Å². The molecular formula is C16H24FNO. The Morgan fingerprint density at radius 2 is 2.00 bits per heavy atom. The Labute approximate surface area is 115 Å². The van der Waals surface area contributed by atoms with Gasteiger partial charge >= 0.3 is 0 Å². The predicted molar refractivity (Wildman–Crippen MR) is 75.6 cm³/mol. The molecule has 2 rings (SSSR count). The SMILES string of the molecule is CC(C)CC(CO)NC1CC(c2ccccc2F)C1. The van der Waals surface area contributed by atoms with Crippen molar-refractivity contribution >= 4 is 0 Å². The number of halogens is 1. The van der Waals surface area contributed by atoms with Crippen molar-refractivity contribution in [1.29, 1.82) is 0 Å². The Balaban J connectivity index is 1.81. The van der Waals surface area contributed by atoms with Gasteiger partial charge in [0.05, 0.1) is 6.61 Å². The second kappa shape index (κ2) is 6.49. The molecule has 0 heterocycles. The lowest BCUT2D eigenvalue weighted by Crippen LogP contribution is -2.47. The summed E-state index contributed by atoms with van der Waals surface area (Å²) < 4.78 is 13.6. The summed E-state index contributed by atoms with van der Waals surface area (Å²) in [7, 11) is 0. The maximum absolute atomic E-state index is 13.6. The molecule has 1 atom stereocenters. The van der Waals surface area contributed by atoms with Crippen molar-refractivity contribution in [3.63, 3.8) is 0 Å². The Morgan fingerprint density at radius 3 is 2.58 bits per heavy atom. The highest BCUT2D eigenvalue weighted by Gasteiger charge is 2.32. The molecule has 0 amide bonds. The number of hydrogen-bond donors (Lipinski definition) is 2. The molecule has 1 aromatic carbocycles. The summed E-state index contributed by atoms with van der Waals surface area (Å²) in [5, 5.41) is 12.8. The van der Waals surface area contributed by atoms with E-state index >= 15 is 0 Å². The van der Waals surface area contributed by atoms with E-state index in [0.29, 0.717) is 17.9 Å². The van der Waals surface area contributed by atoms with Crippen LogP contribution in [-0.4, -0.2) is 23.8 Å². The molecule has 0 radical (unpaired) electrons. The summed E-state index contributed by atoms with van der Waals surface area (Å²) in [5.74, 6) is 0.816. The number of rotatable bonds is 6. The highest BCUT2D eigenvalue weighted by molar-refractivity contribution is 5.24. The van der Waals surface area contributed by atoms with Crippen molar-refractivity contribution < 1.29 is 9.50 Å². The lowest BCUT2D eigenvalue weighted by Gasteiger charge is -2.39. The molecular weight excluding hydrogens is 241 g/mol. The van der Waals surface area contributed by atoms with Crippen LogP contribution in [0.25, 0.3) is 0 Å². The standard InChI is InChI=1S/C16H24FNO/c1-11(2)7-14(10-19)18-13-8-12(9-13)15-5-3-4-6-16(15)17/h3-6,11-14,18-19H,7-10H2,1-2H3. The lowest BCUT2D eigenvalue weighted by atomic mass is 9.75. The third-order valence-electron chi connectivity index (χ3n) is 3.93. The first-order chi connectivity index (χ1) is 9.10. The van der Waals surface area contributed by atoms with E-state index in [1.165, 1.54) is 6.07 Å². The van der Waals surface area contributed by atoms with Gasteiger partial charge < -0.3 is 10.4 Å². The summed E-state index contributed by atoms with van der Waals surface area (Å²) >= 11 is 0. The second-order valence-corrected chi connectivity index (χ2v) is 6.06. The first-order valence-corrected chi connectivity index (χ1v) is 7.21. The number of aliphatic hydroxyl groups is 1. The Kier molecular flexibility index (Phi) is 4.94. The van der Waals surface area contributed by atoms with Gasteiger partial charge in [-0.25, -0.2) is 4.39 Å². The van der Waals surface area contributed by atoms with Gasteiger partial charge in [0.15, 0.2) is 0 Å². The third-order valence-corrected chi connectivity index (χ3v) is 3.93. The molecule has 106 valence electrons. The maximum atomic E-state index is 13.6. The molecule has 0 spiro atoms. The van der Waals surface area contributed by atoms with E-state index in [1.807, 2.05) is 12.1 Å². The Morgan fingerprint density at radius 1 is 1.32 bits per heavy atom. The lowest BCUT2D eigenvalue weighted by molar-refractivity contribution is 0.180. The molecule has 2 nitrogen and oxygen atoms in total. The minimum atomic E-state index is -0.0909. The van der Waals surface area contributed by atoms with Crippen LogP contribution in [0.1, 0.15) is 44.6 Å². The van der Waals surface area contributed by atoms with Gasteiger partial charge in [0.1, 0.15) is 5.82 Å². The first-order valence-electron chi connectivity index (χ1n) is 7.21. The first kappa shape index (κ1) is 14.5. The number of nitrogens with one attached hydrogen (secondary N) is 1. The summed E-state index contributed by atoms with van der Waals surface area (Å²) in [4.78, 5) is 0. The smallest absolute Gasteiger partial charge is 0.126 e. The fourth-order valence-corrected chi connectivity index (χ4v) is 2.91. The Hall–Kier alpha value is -0.930. The highest BCUT2D eigenvalue weighted by atomic mass is 19.1. The van der Waals surface area contributed by atoms with Crippen LogP contribution in [0.4, 0.5) is 4.39 Å². The monoisotopic (exact) mass is 265 g/mol. The number of aliphatic hydroxyl groups excluding tert-OH is 1. The molecule has 0 saturated heterocycles. The van der Waals surface area contributed by atoms with E-state index in [0.717, 1.165) is 24.8 Å². The van der Waals surface area contributed by atoms with Gasteiger partial charge in [-0.2, -0.15) is 0 Å². The topological polar surface area (TPSA) is 32.3 Å². The zero-order valence-electron chi connectivity index (χ0n) is 11.8. The van der Waals surface area contributed by atoms with Crippen LogP contribution >= 0.6 is 0 Å². The van der Waals surface area contributed by atoms with Crippen molar-refractivity contribution in [1.82, 2.24) is 5.32 Å². The Bertz CT molecular complexity index is 401. The van der Waals surface area contributed by atoms with Crippen LogP contribution in [0.2, 0.25) is 0 Å². The molecule has 1 aliphatic carbocycles. The van der Waals surface area contributed by atoms with Gasteiger partial charge in [-0.1, -0.05) is 32.0 Å². The third kappa shape index (κ3) is 3.77. The van der Waals surface area contributed by atoms with E-state index in [4.69, 9.17) is 0 Å². The maximum Gasteiger partial charge on any atom is 0.126 e. The van der Waals surface area contributed by atoms with Crippen molar-refractivity contribution in [3.05, 3.63) is 35.6 Å². The normalized spacial score (nSPS) is 24.3. The molecule has 1 fully saturated rings. The van der Waals surface area contributed by atoms with Crippen LogP contribution in [0.5, 0.6) is 0 Å². The zero-order chi connectivity index (χ0) is 13.8. The van der Waals surface area contributed by atoms with Crippen LogP contribution < -0.4 is 5.32 Å². The van der Waals surface area contributed by atoms with Crippen molar-refractivity contribution in [2.75, 3.05) is 6.61 Å². The van der Waals surface area contributed by atoms with Crippen LogP contribution in [0.15, 0.2) is 24.3 Å². The molecule has 1 unspecified atom stereocenters. The average Bonchev–Trinajstić information content (AvgIpc) is 2.32. The van der Waals surface area contributed by atoms with Gasteiger partial charge in [-0.05, 0) is 42.7 Å². The van der Waals surface area contributed by atoms with E-state index in [2.05, 4.69) is 19.2 Å². The largest absolute Gasteiger partial charge is 0.395 e. The fraction of sp³-hybridized carbons (Fsp3) is 0.625. The van der Waals surface area contributed by atoms with Crippen LogP contribution in [0.3, 0.4) is 0 Å². The number of benzene rings is 1. The van der Waals surface area contributed by atoms with E-state index in [-0.39, 0.29) is 18.5 Å². The van der Waals surface area contributed by atoms with Gasteiger partial charge in [0, 0.05) is 12.1 Å².